The first-order chi connectivity index (χ1) is 9.54. The summed E-state index contributed by atoms with van der Waals surface area (Å²) in [6.45, 7) is 6.50. The van der Waals surface area contributed by atoms with Crippen LogP contribution in [0.4, 0.5) is 11.5 Å². The summed E-state index contributed by atoms with van der Waals surface area (Å²) in [7, 11) is 0. The molecule has 20 heavy (non-hydrogen) atoms. The first-order valence-electron chi connectivity index (χ1n) is 6.59. The number of amides is 1. The summed E-state index contributed by atoms with van der Waals surface area (Å²) in [5.41, 5.74) is 3.52. The van der Waals surface area contributed by atoms with Gasteiger partial charge in [0.15, 0.2) is 5.82 Å². The maximum Gasteiger partial charge on any atom is 0.227 e. The van der Waals surface area contributed by atoms with Crippen molar-refractivity contribution < 1.29 is 9.32 Å². The van der Waals surface area contributed by atoms with Crippen LogP contribution < -0.4 is 10.6 Å². The standard InChI is InChI=1S/C15H19N3O2/c1-10-4-5-13(8-11(10)2)16-7-6-15(19)17-14-9-12(3)20-18-14/h4-5,8-9,16H,6-7H2,1-3H3,(H,17,18,19). The number of carbonyl (C=O) groups is 1. The summed E-state index contributed by atoms with van der Waals surface area (Å²) in [6, 6.07) is 7.85. The van der Waals surface area contributed by atoms with Crippen LogP contribution in [0.25, 0.3) is 0 Å². The van der Waals surface area contributed by atoms with Crippen molar-refractivity contribution in [3.8, 4) is 0 Å². The Labute approximate surface area is 118 Å². The molecule has 0 spiro atoms. The Morgan fingerprint density at radius 1 is 1.20 bits per heavy atom. The van der Waals surface area contributed by atoms with Crippen LogP contribution in [0.3, 0.4) is 0 Å². The molecule has 2 N–H and O–H groups in total. The van der Waals surface area contributed by atoms with Crippen LogP contribution in [0.1, 0.15) is 23.3 Å². The molecular formula is C15H19N3O2. The predicted molar refractivity (Wildman–Crippen MR) is 78.9 cm³/mol. The third-order valence-electron chi connectivity index (χ3n) is 3.08. The van der Waals surface area contributed by atoms with Gasteiger partial charge in [0.2, 0.25) is 5.91 Å². The molecule has 0 atom stereocenters. The zero-order valence-corrected chi connectivity index (χ0v) is 12.0. The van der Waals surface area contributed by atoms with E-state index in [0.29, 0.717) is 24.5 Å². The van der Waals surface area contributed by atoms with E-state index in [-0.39, 0.29) is 5.91 Å². The molecule has 2 aromatic rings. The van der Waals surface area contributed by atoms with Crippen molar-refractivity contribution >= 4 is 17.4 Å². The van der Waals surface area contributed by atoms with Gasteiger partial charge in [-0.3, -0.25) is 4.79 Å². The topological polar surface area (TPSA) is 67.2 Å². The predicted octanol–water partition coefficient (Wildman–Crippen LogP) is 3.04. The van der Waals surface area contributed by atoms with Crippen molar-refractivity contribution in [1.29, 1.82) is 0 Å². The number of nitrogens with zero attached hydrogens (tertiary/aromatic N) is 1. The van der Waals surface area contributed by atoms with Gasteiger partial charge in [0, 0.05) is 24.7 Å². The highest BCUT2D eigenvalue weighted by atomic mass is 16.5. The van der Waals surface area contributed by atoms with E-state index < -0.39 is 0 Å². The highest BCUT2D eigenvalue weighted by Gasteiger charge is 2.05. The number of rotatable bonds is 5. The van der Waals surface area contributed by atoms with Crippen molar-refractivity contribution in [2.75, 3.05) is 17.2 Å². The lowest BCUT2D eigenvalue weighted by atomic mass is 10.1. The average Bonchev–Trinajstić information content (AvgIpc) is 2.79. The maximum atomic E-state index is 11.7. The van der Waals surface area contributed by atoms with Crippen LogP contribution in [-0.4, -0.2) is 17.6 Å². The van der Waals surface area contributed by atoms with Gasteiger partial charge in [0.05, 0.1) is 0 Å². The van der Waals surface area contributed by atoms with Crippen LogP contribution in [0.15, 0.2) is 28.8 Å². The molecule has 1 aromatic carbocycles. The molecule has 0 saturated heterocycles. The minimum Gasteiger partial charge on any atom is -0.385 e. The number of anilines is 2. The highest BCUT2D eigenvalue weighted by molar-refractivity contribution is 5.89. The van der Waals surface area contributed by atoms with Crippen LogP contribution in [0.5, 0.6) is 0 Å². The summed E-state index contributed by atoms with van der Waals surface area (Å²) in [6.07, 6.45) is 0.374. The minimum atomic E-state index is -0.0883. The number of nitrogens with one attached hydrogen (secondary N) is 2. The zero-order valence-electron chi connectivity index (χ0n) is 12.0. The summed E-state index contributed by atoms with van der Waals surface area (Å²) in [5, 5.41) is 9.63. The molecule has 5 nitrogen and oxygen atoms in total. The molecule has 1 amide bonds. The van der Waals surface area contributed by atoms with E-state index in [1.165, 1.54) is 11.1 Å². The number of aromatic nitrogens is 1. The van der Waals surface area contributed by atoms with Gasteiger partial charge >= 0.3 is 0 Å². The molecule has 1 heterocycles. The molecule has 0 aliphatic rings. The van der Waals surface area contributed by atoms with E-state index in [1.54, 1.807) is 13.0 Å². The SMILES string of the molecule is Cc1cc(NC(=O)CCNc2ccc(C)c(C)c2)no1. The number of carbonyl (C=O) groups excluding carboxylic acids is 1. The van der Waals surface area contributed by atoms with Gasteiger partial charge in [-0.15, -0.1) is 0 Å². The van der Waals surface area contributed by atoms with Crippen molar-refractivity contribution in [3.05, 3.63) is 41.2 Å². The Morgan fingerprint density at radius 3 is 2.65 bits per heavy atom. The molecule has 1 aromatic heterocycles. The van der Waals surface area contributed by atoms with Crippen LogP contribution in [0.2, 0.25) is 0 Å². The largest absolute Gasteiger partial charge is 0.385 e. The molecule has 0 unspecified atom stereocenters. The third kappa shape index (κ3) is 3.85. The Hall–Kier alpha value is -2.30. The van der Waals surface area contributed by atoms with Crippen LogP contribution in [0, 0.1) is 20.8 Å². The van der Waals surface area contributed by atoms with E-state index in [2.05, 4.69) is 41.8 Å². The lowest BCUT2D eigenvalue weighted by molar-refractivity contribution is -0.116. The zero-order chi connectivity index (χ0) is 14.5. The summed E-state index contributed by atoms with van der Waals surface area (Å²) >= 11 is 0. The molecule has 0 aliphatic heterocycles. The summed E-state index contributed by atoms with van der Waals surface area (Å²) in [5.74, 6) is 1.04. The second-order valence-electron chi connectivity index (χ2n) is 4.85. The normalized spacial score (nSPS) is 10.3. The van der Waals surface area contributed by atoms with E-state index in [1.807, 2.05) is 6.07 Å². The molecule has 0 fully saturated rings. The molecule has 5 heteroatoms. The first kappa shape index (κ1) is 14.1. The fourth-order valence-corrected chi connectivity index (χ4v) is 1.80. The van der Waals surface area contributed by atoms with Gasteiger partial charge in [-0.25, -0.2) is 0 Å². The molecule has 106 valence electrons. The second kappa shape index (κ2) is 6.23. The summed E-state index contributed by atoms with van der Waals surface area (Å²) < 4.78 is 4.88. The number of aryl methyl sites for hydroxylation is 3. The highest BCUT2D eigenvalue weighted by Crippen LogP contribution is 2.14. The van der Waals surface area contributed by atoms with Gasteiger partial charge < -0.3 is 15.2 Å². The first-order valence-corrected chi connectivity index (χ1v) is 6.59. The van der Waals surface area contributed by atoms with E-state index in [0.717, 1.165) is 5.69 Å². The maximum absolute atomic E-state index is 11.7. The Balaban J connectivity index is 1.77. The fraction of sp³-hybridized carbons (Fsp3) is 0.333. The number of benzene rings is 1. The summed E-state index contributed by atoms with van der Waals surface area (Å²) in [4.78, 5) is 11.7. The lowest BCUT2D eigenvalue weighted by Gasteiger charge is -2.08. The molecule has 2 rings (SSSR count). The van der Waals surface area contributed by atoms with Gasteiger partial charge in [-0.2, -0.15) is 0 Å². The molecule has 0 saturated carbocycles. The van der Waals surface area contributed by atoms with E-state index >= 15 is 0 Å². The Morgan fingerprint density at radius 2 is 2.00 bits per heavy atom. The van der Waals surface area contributed by atoms with Crippen molar-refractivity contribution in [3.63, 3.8) is 0 Å². The smallest absolute Gasteiger partial charge is 0.227 e. The second-order valence-corrected chi connectivity index (χ2v) is 4.85. The van der Waals surface area contributed by atoms with Crippen LogP contribution >= 0.6 is 0 Å². The quantitative estimate of drug-likeness (QED) is 0.878. The Bertz CT molecular complexity index is 605. The van der Waals surface area contributed by atoms with E-state index in [9.17, 15) is 4.79 Å². The van der Waals surface area contributed by atoms with Crippen LogP contribution in [-0.2, 0) is 4.79 Å². The van der Waals surface area contributed by atoms with Gasteiger partial charge in [-0.05, 0) is 44.0 Å². The minimum absolute atomic E-state index is 0.0883. The van der Waals surface area contributed by atoms with Crippen molar-refractivity contribution in [2.24, 2.45) is 0 Å². The number of hydrogen-bond donors (Lipinski definition) is 2. The molecule has 0 radical (unpaired) electrons. The third-order valence-corrected chi connectivity index (χ3v) is 3.08. The molecular weight excluding hydrogens is 254 g/mol. The van der Waals surface area contributed by atoms with Gasteiger partial charge in [0.1, 0.15) is 5.76 Å². The van der Waals surface area contributed by atoms with Crippen molar-refractivity contribution in [1.82, 2.24) is 5.16 Å². The molecule has 0 aliphatic carbocycles. The number of hydrogen-bond acceptors (Lipinski definition) is 4. The average molecular weight is 273 g/mol. The van der Waals surface area contributed by atoms with E-state index in [4.69, 9.17) is 4.52 Å². The Kier molecular flexibility index (Phi) is 4.40. The molecule has 0 bridgehead atoms. The fourth-order valence-electron chi connectivity index (χ4n) is 1.80. The van der Waals surface area contributed by atoms with Crippen molar-refractivity contribution in [2.45, 2.75) is 27.2 Å². The monoisotopic (exact) mass is 273 g/mol. The van der Waals surface area contributed by atoms with Gasteiger partial charge in [-0.1, -0.05) is 11.2 Å². The van der Waals surface area contributed by atoms with Gasteiger partial charge in [0.25, 0.3) is 0 Å². The lowest BCUT2D eigenvalue weighted by Crippen LogP contribution is -2.16.